The maximum absolute atomic E-state index is 10.4. The highest BCUT2D eigenvalue weighted by atomic mass is 16.5. The summed E-state index contributed by atoms with van der Waals surface area (Å²) < 4.78 is 5.72. The highest BCUT2D eigenvalue weighted by Gasteiger charge is 2.24. The van der Waals surface area contributed by atoms with E-state index in [1.54, 1.807) is 18.5 Å². The maximum atomic E-state index is 10.4. The minimum absolute atomic E-state index is 0.158. The number of pyridine rings is 1. The van der Waals surface area contributed by atoms with Crippen molar-refractivity contribution in [1.29, 1.82) is 0 Å². The molecule has 3 N–H and O–H groups in total. The van der Waals surface area contributed by atoms with Gasteiger partial charge in [0.2, 0.25) is 0 Å². The molecule has 1 aromatic carbocycles. The third-order valence-electron chi connectivity index (χ3n) is 4.00. The summed E-state index contributed by atoms with van der Waals surface area (Å²) in [7, 11) is 0. The molecule has 1 saturated carbocycles. The lowest BCUT2D eigenvalue weighted by atomic mass is 9.97. The second-order valence-electron chi connectivity index (χ2n) is 5.77. The summed E-state index contributed by atoms with van der Waals surface area (Å²) in [5.74, 6) is 0.848. The minimum Gasteiger partial charge on any atom is -0.507 e. The van der Waals surface area contributed by atoms with E-state index >= 15 is 0 Å². The van der Waals surface area contributed by atoms with E-state index in [1.165, 1.54) is 0 Å². The molecule has 23 heavy (non-hydrogen) atoms. The van der Waals surface area contributed by atoms with Crippen LogP contribution >= 0.6 is 0 Å². The Morgan fingerprint density at radius 2 is 2.00 bits per heavy atom. The zero-order valence-electron chi connectivity index (χ0n) is 12.6. The first-order chi connectivity index (χ1) is 11.2. The highest BCUT2D eigenvalue weighted by molar-refractivity contribution is 6.17. The van der Waals surface area contributed by atoms with Gasteiger partial charge in [0, 0.05) is 40.8 Å². The van der Waals surface area contributed by atoms with Gasteiger partial charge < -0.3 is 15.6 Å². The summed E-state index contributed by atoms with van der Waals surface area (Å²) in [5.41, 5.74) is 9.82. The van der Waals surface area contributed by atoms with Gasteiger partial charge in [-0.25, -0.2) is 0 Å². The number of nitrogens with two attached hydrogens (primary N) is 1. The first-order valence-electron chi connectivity index (χ1n) is 7.67. The van der Waals surface area contributed by atoms with Crippen molar-refractivity contribution in [1.82, 2.24) is 4.98 Å². The van der Waals surface area contributed by atoms with Gasteiger partial charge in [-0.15, -0.1) is 0 Å². The molecule has 2 aromatic rings. The van der Waals surface area contributed by atoms with Crippen molar-refractivity contribution < 1.29 is 9.84 Å². The van der Waals surface area contributed by atoms with E-state index in [0.29, 0.717) is 29.7 Å². The predicted molar refractivity (Wildman–Crippen MR) is 88.7 cm³/mol. The van der Waals surface area contributed by atoms with Crippen molar-refractivity contribution in [2.24, 2.45) is 10.7 Å². The molecule has 0 bridgehead atoms. The molecule has 116 valence electrons. The second kappa shape index (κ2) is 5.43. The van der Waals surface area contributed by atoms with Crippen LogP contribution in [0.25, 0.3) is 5.70 Å². The molecular weight excluding hydrogens is 290 g/mol. The number of fused-ring (bicyclic) bond motifs is 1. The van der Waals surface area contributed by atoms with Crippen LogP contribution in [0.15, 0.2) is 47.7 Å². The molecular formula is C18H17N3O2. The molecule has 1 fully saturated rings. The van der Waals surface area contributed by atoms with Crippen LogP contribution in [0.2, 0.25) is 0 Å². The van der Waals surface area contributed by atoms with Gasteiger partial charge in [-0.3, -0.25) is 9.98 Å². The van der Waals surface area contributed by atoms with Crippen LogP contribution in [-0.2, 0) is 0 Å². The number of phenols is 1. The largest absolute Gasteiger partial charge is 0.507 e. The maximum Gasteiger partial charge on any atom is 0.128 e. The van der Waals surface area contributed by atoms with E-state index < -0.39 is 0 Å². The Labute approximate surface area is 134 Å². The monoisotopic (exact) mass is 307 g/mol. The summed E-state index contributed by atoms with van der Waals surface area (Å²) in [6.07, 6.45) is 7.75. The Bertz CT molecular complexity index is 823. The minimum atomic E-state index is 0.158. The Kier molecular flexibility index (Phi) is 3.26. The van der Waals surface area contributed by atoms with Crippen molar-refractivity contribution in [3.8, 4) is 11.5 Å². The van der Waals surface area contributed by atoms with Crippen LogP contribution in [0.5, 0.6) is 11.5 Å². The number of hydrogen-bond acceptors (Lipinski definition) is 5. The lowest BCUT2D eigenvalue weighted by Crippen LogP contribution is -2.09. The summed E-state index contributed by atoms with van der Waals surface area (Å²) in [6, 6.07) is 7.24. The average molecular weight is 307 g/mol. The van der Waals surface area contributed by atoms with E-state index in [0.717, 1.165) is 29.7 Å². The predicted octanol–water partition coefficient (Wildman–Crippen LogP) is 2.48. The summed E-state index contributed by atoms with van der Waals surface area (Å²) >= 11 is 0. The first-order valence-corrected chi connectivity index (χ1v) is 7.67. The van der Waals surface area contributed by atoms with Crippen LogP contribution in [-0.4, -0.2) is 28.5 Å². The molecule has 1 aromatic heterocycles. The standard InChI is InChI=1S/C18H17N3O2/c19-16-6-8-21-18(13-5-7-20-10-15(13)16)14-4-3-12(9-17(14)22)23-11-1-2-11/h3-7,9-11,22H,1-2,8,19H2. The van der Waals surface area contributed by atoms with Gasteiger partial charge in [-0.2, -0.15) is 0 Å². The summed E-state index contributed by atoms with van der Waals surface area (Å²) in [5, 5.41) is 10.4. The molecule has 5 heteroatoms. The molecule has 0 spiro atoms. The highest BCUT2D eigenvalue weighted by Crippen LogP contribution is 2.32. The van der Waals surface area contributed by atoms with E-state index in [1.807, 2.05) is 24.3 Å². The number of aliphatic imine (C=N–C) groups is 1. The van der Waals surface area contributed by atoms with Crippen molar-refractivity contribution in [2.75, 3.05) is 6.54 Å². The van der Waals surface area contributed by atoms with Crippen molar-refractivity contribution in [2.45, 2.75) is 18.9 Å². The van der Waals surface area contributed by atoms with Gasteiger partial charge in [0.1, 0.15) is 11.5 Å². The number of nitrogens with zero attached hydrogens (tertiary/aromatic N) is 2. The molecule has 4 rings (SSSR count). The van der Waals surface area contributed by atoms with E-state index in [2.05, 4.69) is 9.98 Å². The number of benzene rings is 1. The van der Waals surface area contributed by atoms with Gasteiger partial charge >= 0.3 is 0 Å². The number of aromatic nitrogens is 1. The van der Waals surface area contributed by atoms with Gasteiger partial charge in [0.15, 0.2) is 0 Å². The van der Waals surface area contributed by atoms with E-state index in [9.17, 15) is 5.11 Å². The van der Waals surface area contributed by atoms with E-state index in [4.69, 9.17) is 10.5 Å². The molecule has 0 atom stereocenters. The summed E-state index contributed by atoms with van der Waals surface area (Å²) in [4.78, 5) is 8.72. The number of rotatable bonds is 3. The van der Waals surface area contributed by atoms with Gasteiger partial charge in [-0.05, 0) is 37.1 Å². The van der Waals surface area contributed by atoms with Gasteiger partial charge in [-0.1, -0.05) is 0 Å². The molecule has 0 radical (unpaired) electrons. The van der Waals surface area contributed by atoms with Crippen LogP contribution < -0.4 is 10.5 Å². The molecule has 1 aliphatic heterocycles. The molecule has 0 unspecified atom stereocenters. The zero-order valence-corrected chi connectivity index (χ0v) is 12.6. The van der Waals surface area contributed by atoms with Crippen LogP contribution in [0.4, 0.5) is 0 Å². The van der Waals surface area contributed by atoms with Crippen molar-refractivity contribution in [3.63, 3.8) is 0 Å². The number of ether oxygens (including phenoxy) is 1. The third kappa shape index (κ3) is 2.65. The number of phenolic OH excluding ortho intramolecular Hbond substituents is 1. The Morgan fingerprint density at radius 3 is 2.78 bits per heavy atom. The van der Waals surface area contributed by atoms with Crippen LogP contribution in [0.3, 0.4) is 0 Å². The molecule has 0 saturated heterocycles. The lowest BCUT2D eigenvalue weighted by Gasteiger charge is -2.13. The quantitative estimate of drug-likeness (QED) is 0.913. The van der Waals surface area contributed by atoms with Crippen LogP contribution in [0.1, 0.15) is 29.5 Å². The average Bonchev–Trinajstić information content (AvgIpc) is 3.37. The Hall–Kier alpha value is -2.82. The van der Waals surface area contributed by atoms with Gasteiger partial charge in [0.25, 0.3) is 0 Å². The summed E-state index contributed by atoms with van der Waals surface area (Å²) in [6.45, 7) is 0.468. The molecule has 2 heterocycles. The first kappa shape index (κ1) is 13.8. The lowest BCUT2D eigenvalue weighted by molar-refractivity contribution is 0.301. The smallest absolute Gasteiger partial charge is 0.128 e. The fraction of sp³-hybridized carbons (Fsp3) is 0.222. The number of aromatic hydroxyl groups is 1. The second-order valence-corrected chi connectivity index (χ2v) is 5.77. The Morgan fingerprint density at radius 1 is 1.13 bits per heavy atom. The molecule has 2 aliphatic rings. The van der Waals surface area contributed by atoms with E-state index in [-0.39, 0.29) is 5.75 Å². The fourth-order valence-electron chi connectivity index (χ4n) is 2.66. The molecule has 0 amide bonds. The zero-order chi connectivity index (χ0) is 15.8. The van der Waals surface area contributed by atoms with Gasteiger partial charge in [0.05, 0.1) is 18.4 Å². The van der Waals surface area contributed by atoms with Crippen molar-refractivity contribution in [3.05, 3.63) is 59.4 Å². The topological polar surface area (TPSA) is 80.7 Å². The van der Waals surface area contributed by atoms with Crippen LogP contribution in [0, 0.1) is 0 Å². The normalized spacial score (nSPS) is 16.9. The molecule has 5 nitrogen and oxygen atoms in total. The SMILES string of the molecule is NC1=CCN=C(c2ccc(OC3CC3)cc2O)c2ccncc21. The number of hydrogen-bond donors (Lipinski definition) is 2. The molecule has 1 aliphatic carbocycles. The fourth-order valence-corrected chi connectivity index (χ4v) is 2.66. The van der Waals surface area contributed by atoms with Crippen molar-refractivity contribution >= 4 is 11.4 Å². The Balaban J connectivity index is 1.75. The third-order valence-corrected chi connectivity index (χ3v) is 4.00.